The van der Waals surface area contributed by atoms with Gasteiger partial charge in [-0.2, -0.15) is 18.4 Å². The minimum absolute atomic E-state index is 0.0177. The summed E-state index contributed by atoms with van der Waals surface area (Å²) in [6, 6.07) is 7.27. The maximum absolute atomic E-state index is 13.4. The number of pyridine rings is 1. The first kappa shape index (κ1) is 28.9. The summed E-state index contributed by atoms with van der Waals surface area (Å²) in [5.74, 6) is 0.492. The van der Waals surface area contributed by atoms with Crippen molar-refractivity contribution in [1.82, 2.24) is 10.3 Å². The number of aromatic nitrogens is 1. The number of nitrogens with two attached hydrogens (primary N) is 2. The number of hydrogen-bond acceptors (Lipinski definition) is 6. The van der Waals surface area contributed by atoms with E-state index in [2.05, 4.69) is 21.4 Å². The molecule has 1 fully saturated rings. The van der Waals surface area contributed by atoms with E-state index in [9.17, 15) is 18.0 Å². The van der Waals surface area contributed by atoms with Gasteiger partial charge in [-0.25, -0.2) is 4.99 Å². The van der Waals surface area contributed by atoms with Crippen LogP contribution in [0.4, 0.5) is 24.5 Å². The van der Waals surface area contributed by atoms with Gasteiger partial charge in [0.05, 0.1) is 11.8 Å². The molecule has 8 nitrogen and oxygen atoms in total. The van der Waals surface area contributed by atoms with Crippen molar-refractivity contribution < 1.29 is 17.9 Å². The van der Waals surface area contributed by atoms with E-state index in [4.69, 9.17) is 21.5 Å². The molecule has 1 aromatic carbocycles. The zero-order chi connectivity index (χ0) is 26.9. The zero-order valence-corrected chi connectivity index (χ0v) is 20.7. The molecule has 196 valence electrons. The molecule has 0 spiro atoms. The van der Waals surface area contributed by atoms with Gasteiger partial charge in [0.1, 0.15) is 17.4 Å². The Morgan fingerprint density at radius 1 is 1.22 bits per heavy atom. The number of halogens is 3. The molecule has 6 N–H and O–H groups in total. The Balaban J connectivity index is 0.000000425. The Labute approximate surface area is 208 Å². The molecule has 2 heterocycles. The van der Waals surface area contributed by atoms with Crippen LogP contribution < -0.4 is 22.3 Å². The van der Waals surface area contributed by atoms with Gasteiger partial charge in [0.2, 0.25) is 0 Å². The van der Waals surface area contributed by atoms with Crippen molar-refractivity contribution in [2.45, 2.75) is 57.8 Å². The van der Waals surface area contributed by atoms with Gasteiger partial charge >= 0.3 is 6.18 Å². The van der Waals surface area contributed by atoms with Gasteiger partial charge < -0.3 is 21.2 Å². The molecular formula is C25H33F3N6O2. The van der Waals surface area contributed by atoms with E-state index in [1.54, 1.807) is 20.8 Å². The lowest BCUT2D eigenvalue weighted by molar-refractivity contribution is -0.161. The van der Waals surface area contributed by atoms with E-state index in [1.165, 1.54) is 36.5 Å². The maximum Gasteiger partial charge on any atom is 0.407 e. The third kappa shape index (κ3) is 9.02. The molecule has 1 aliphatic heterocycles. The van der Waals surface area contributed by atoms with Crippen LogP contribution >= 0.6 is 0 Å². The number of hydrogen-bond donors (Lipinski definition) is 4. The molecule has 2 aromatic rings. The quantitative estimate of drug-likeness (QED) is 0.352. The maximum atomic E-state index is 13.4. The summed E-state index contributed by atoms with van der Waals surface area (Å²) in [6.07, 6.45) is -0.212. The van der Waals surface area contributed by atoms with E-state index in [0.29, 0.717) is 18.0 Å². The SMILES string of the molecule is CC(C)(C)NC(c1ccc(N=C(N)c2c(N)cc[nH]c2=O)cc1)C(F)(F)F.N#CCC1CCOCC1. The third-order valence-electron chi connectivity index (χ3n) is 5.35. The lowest BCUT2D eigenvalue weighted by atomic mass is 9.98. The van der Waals surface area contributed by atoms with E-state index < -0.39 is 23.3 Å². The number of rotatable bonds is 5. The number of benzene rings is 1. The summed E-state index contributed by atoms with van der Waals surface area (Å²) in [7, 11) is 0. The van der Waals surface area contributed by atoms with Gasteiger partial charge in [-0.3, -0.25) is 10.1 Å². The molecule has 3 rings (SSSR count). The molecule has 1 saturated heterocycles. The van der Waals surface area contributed by atoms with Gasteiger partial charge in [-0.1, -0.05) is 12.1 Å². The van der Waals surface area contributed by atoms with Crippen molar-refractivity contribution >= 4 is 17.2 Å². The van der Waals surface area contributed by atoms with Crippen molar-refractivity contribution in [3.05, 3.63) is 58.0 Å². The standard InChI is InChI=1S/C18H22F3N5O.C7H11NO/c1-17(2,3)26-14(18(19,20)21)10-4-6-11(7-5-10)25-15(23)13-12(22)8-9-24-16(13)27;8-4-1-7-2-5-9-6-3-7/h4-9,14,26H,1-3H3,(H2,23,25)(H3,22,24,27);7H,1-3,5-6H2. The molecule has 1 aliphatic rings. The van der Waals surface area contributed by atoms with Crippen molar-refractivity contribution in [3.63, 3.8) is 0 Å². The van der Waals surface area contributed by atoms with Gasteiger partial charge in [0, 0.05) is 37.1 Å². The first-order valence-corrected chi connectivity index (χ1v) is 11.5. The number of amidine groups is 1. The van der Waals surface area contributed by atoms with Crippen molar-refractivity contribution in [3.8, 4) is 6.07 Å². The molecule has 0 aliphatic carbocycles. The Hall–Kier alpha value is -3.36. The Morgan fingerprint density at radius 3 is 2.33 bits per heavy atom. The fourth-order valence-electron chi connectivity index (χ4n) is 3.56. The largest absolute Gasteiger partial charge is 0.407 e. The molecule has 0 bridgehead atoms. The monoisotopic (exact) mass is 506 g/mol. The molecular weight excluding hydrogens is 473 g/mol. The van der Waals surface area contributed by atoms with Gasteiger partial charge in [0.15, 0.2) is 0 Å². The van der Waals surface area contributed by atoms with Crippen molar-refractivity contribution in [1.29, 1.82) is 5.26 Å². The number of nitrogens with zero attached hydrogens (tertiary/aromatic N) is 2. The van der Waals surface area contributed by atoms with Crippen LogP contribution in [-0.2, 0) is 4.74 Å². The van der Waals surface area contributed by atoms with Crippen LogP contribution in [-0.4, -0.2) is 35.7 Å². The highest BCUT2D eigenvalue weighted by molar-refractivity contribution is 6.02. The minimum Gasteiger partial charge on any atom is -0.398 e. The predicted molar refractivity (Wildman–Crippen MR) is 134 cm³/mol. The highest BCUT2D eigenvalue weighted by atomic mass is 19.4. The average Bonchev–Trinajstić information content (AvgIpc) is 2.78. The van der Waals surface area contributed by atoms with Gasteiger partial charge in [0.25, 0.3) is 5.56 Å². The second-order valence-corrected chi connectivity index (χ2v) is 9.51. The molecule has 0 radical (unpaired) electrons. The number of ether oxygens (including phenoxy) is 1. The fraction of sp³-hybridized carbons (Fsp3) is 0.480. The summed E-state index contributed by atoms with van der Waals surface area (Å²) in [4.78, 5) is 18.3. The van der Waals surface area contributed by atoms with Crippen molar-refractivity contribution in [2.75, 3.05) is 18.9 Å². The summed E-state index contributed by atoms with van der Waals surface area (Å²) < 4.78 is 45.3. The smallest absolute Gasteiger partial charge is 0.398 e. The van der Waals surface area contributed by atoms with Crippen LogP contribution in [0.25, 0.3) is 0 Å². The number of aromatic amines is 1. The van der Waals surface area contributed by atoms with Crippen LogP contribution in [0.1, 0.15) is 57.2 Å². The summed E-state index contributed by atoms with van der Waals surface area (Å²) in [5, 5.41) is 10.9. The summed E-state index contributed by atoms with van der Waals surface area (Å²) in [6.45, 7) is 6.69. The highest BCUT2D eigenvalue weighted by Crippen LogP contribution is 2.35. The molecule has 0 saturated carbocycles. The van der Waals surface area contributed by atoms with Gasteiger partial charge in [-0.05, 0) is 63.3 Å². The van der Waals surface area contributed by atoms with Crippen molar-refractivity contribution in [2.24, 2.45) is 16.6 Å². The number of anilines is 1. The topological polar surface area (TPSA) is 142 Å². The third-order valence-corrected chi connectivity index (χ3v) is 5.35. The predicted octanol–water partition coefficient (Wildman–Crippen LogP) is 4.31. The zero-order valence-electron chi connectivity index (χ0n) is 20.7. The highest BCUT2D eigenvalue weighted by Gasteiger charge is 2.42. The second kappa shape index (κ2) is 12.6. The molecule has 0 amide bonds. The summed E-state index contributed by atoms with van der Waals surface area (Å²) >= 11 is 0. The number of nitrogen functional groups attached to an aromatic ring is 1. The number of nitriles is 1. The number of aliphatic imine (C=N–C) groups is 1. The number of nitrogens with one attached hydrogen (secondary N) is 2. The molecule has 36 heavy (non-hydrogen) atoms. The van der Waals surface area contributed by atoms with E-state index >= 15 is 0 Å². The van der Waals surface area contributed by atoms with Crippen LogP contribution in [0.2, 0.25) is 0 Å². The Bertz CT molecular complexity index is 1110. The van der Waals surface area contributed by atoms with Crippen LogP contribution in [0, 0.1) is 17.2 Å². The lowest BCUT2D eigenvalue weighted by Crippen LogP contribution is -2.45. The van der Waals surface area contributed by atoms with Crippen LogP contribution in [0.15, 0.2) is 46.3 Å². The lowest BCUT2D eigenvalue weighted by Gasteiger charge is -2.30. The normalized spacial score (nSPS) is 16.0. The van der Waals surface area contributed by atoms with E-state index in [0.717, 1.165) is 26.1 Å². The molecule has 11 heteroatoms. The summed E-state index contributed by atoms with van der Waals surface area (Å²) in [5.41, 5.74) is 10.9. The molecule has 1 unspecified atom stereocenters. The van der Waals surface area contributed by atoms with E-state index in [1.807, 2.05) is 0 Å². The van der Waals surface area contributed by atoms with E-state index in [-0.39, 0.29) is 22.6 Å². The van der Waals surface area contributed by atoms with Crippen LogP contribution in [0.5, 0.6) is 0 Å². The van der Waals surface area contributed by atoms with Gasteiger partial charge in [-0.15, -0.1) is 0 Å². The minimum atomic E-state index is -4.46. The number of H-pyrrole nitrogens is 1. The Morgan fingerprint density at radius 2 is 1.83 bits per heavy atom. The number of alkyl halides is 3. The average molecular weight is 507 g/mol. The first-order valence-electron chi connectivity index (χ1n) is 11.5. The Kier molecular flexibility index (Phi) is 10.1. The molecule has 1 atom stereocenters. The first-order chi connectivity index (χ1) is 16.8. The van der Waals surface area contributed by atoms with Crippen LogP contribution in [0.3, 0.4) is 0 Å². The molecule has 1 aromatic heterocycles. The second-order valence-electron chi connectivity index (χ2n) is 9.51. The fourth-order valence-corrected chi connectivity index (χ4v) is 3.56.